The number of Topliss-reactive ketones (excluding diaryl/α,β-unsaturated/α-hetero) is 2. The van der Waals surface area contributed by atoms with E-state index in [4.69, 9.17) is 24.7 Å². The first-order valence-electron chi connectivity index (χ1n) is 25.5. The van der Waals surface area contributed by atoms with Gasteiger partial charge in [0.05, 0.1) is 44.9 Å². The zero-order chi connectivity index (χ0) is 55.1. The minimum absolute atomic E-state index is 0. The summed E-state index contributed by atoms with van der Waals surface area (Å²) in [5.74, 6) is 0.421. The average Bonchev–Trinajstić information content (AvgIpc) is 3.24. The number of nitrogens with zero attached hydrogens (tertiary/aromatic N) is 6. The standard InChI is InChI=1S/C8H19NO.C8H19N.C7H15NO.C7H17NO.C6H12N2.C6H15NO.C6H13NO.C5H10N2.6CH4/c1-8(2)9(3)6-5-7-10-4;1-5-6-7-9(4)8(2)3;1-6(2)8(4)5-7(3)9;1-7(2)8-5-4-6-9-3;1-6(2)8(3)5-4-7;1-6(2)7-4-5-8-3;1-5(2)7-4-6(3)8;1-5(2)7-4-3-6;;;;;;/h8H,5-7H2,1-4H3;8H,5-7H2,1-4H3;6H,5H2,1-4H3;7-8H,4-6H2,1-3H3;6H,5H2,1-3H3;6-7H,4-5H2,1-3H3;5,7H,4H2,1-3H3;5,7H,4H2,1-2H3;6*1H4. The molecule has 74 heavy (non-hydrogen) atoms. The van der Waals surface area contributed by atoms with Crippen molar-refractivity contribution in [1.82, 2.24) is 40.9 Å². The number of methoxy groups -OCH3 is 3. The Morgan fingerprint density at radius 2 is 0.811 bits per heavy atom. The molecule has 15 heteroatoms. The number of ether oxygens (including phenoxy) is 3. The minimum atomic E-state index is 0. The van der Waals surface area contributed by atoms with E-state index in [9.17, 15) is 9.59 Å². The molecule has 0 atom stereocenters. The van der Waals surface area contributed by atoms with Gasteiger partial charge in [0.2, 0.25) is 0 Å². The second-order valence-electron chi connectivity index (χ2n) is 19.2. The fourth-order valence-electron chi connectivity index (χ4n) is 3.86. The maximum atomic E-state index is 10.5. The van der Waals surface area contributed by atoms with E-state index in [1.165, 1.54) is 19.4 Å². The summed E-state index contributed by atoms with van der Waals surface area (Å²) in [4.78, 5) is 29.5. The van der Waals surface area contributed by atoms with Crippen LogP contribution in [-0.4, -0.2) is 201 Å². The van der Waals surface area contributed by atoms with Crippen LogP contribution in [0.3, 0.4) is 0 Å². The monoisotopic (exact) mass is 1070 g/mol. The van der Waals surface area contributed by atoms with E-state index in [2.05, 4.69) is 141 Å². The van der Waals surface area contributed by atoms with Crippen LogP contribution < -0.4 is 21.3 Å². The molecule has 0 saturated heterocycles. The van der Waals surface area contributed by atoms with Crippen molar-refractivity contribution in [3.63, 3.8) is 0 Å². The zero-order valence-corrected chi connectivity index (χ0v) is 49.9. The summed E-state index contributed by atoms with van der Waals surface area (Å²) in [5, 5.41) is 28.6. The lowest BCUT2D eigenvalue weighted by Crippen LogP contribution is -2.30. The van der Waals surface area contributed by atoms with Gasteiger partial charge < -0.3 is 45.3 Å². The number of carbonyl (C=O) groups is 2. The van der Waals surface area contributed by atoms with E-state index < -0.39 is 0 Å². The smallest absolute Gasteiger partial charge is 0.143 e. The van der Waals surface area contributed by atoms with Crippen LogP contribution in [0.1, 0.15) is 202 Å². The van der Waals surface area contributed by atoms with Crippen LogP contribution >= 0.6 is 0 Å². The van der Waals surface area contributed by atoms with Gasteiger partial charge in [0.25, 0.3) is 0 Å². The molecular formula is C59H144N10O5. The highest BCUT2D eigenvalue weighted by atomic mass is 16.5. The van der Waals surface area contributed by atoms with Crippen LogP contribution in [0.4, 0.5) is 0 Å². The Balaban J connectivity index is -0.0000000459. The summed E-state index contributed by atoms with van der Waals surface area (Å²) in [7, 11) is 13.4. The lowest BCUT2D eigenvalue weighted by molar-refractivity contribution is -0.118. The minimum Gasteiger partial charge on any atom is -0.385 e. The van der Waals surface area contributed by atoms with Gasteiger partial charge in [-0.2, -0.15) is 10.5 Å². The first-order chi connectivity index (χ1) is 31.5. The van der Waals surface area contributed by atoms with Gasteiger partial charge in [-0.25, -0.2) is 0 Å². The predicted octanol–water partition coefficient (Wildman–Crippen LogP) is 11.8. The third-order valence-electron chi connectivity index (χ3n) is 9.33. The molecule has 0 fully saturated rings. The topological polar surface area (TPSA) is 170 Å². The Labute approximate surface area is 469 Å². The van der Waals surface area contributed by atoms with Crippen LogP contribution in [0.25, 0.3) is 0 Å². The highest BCUT2D eigenvalue weighted by Crippen LogP contribution is 1.97. The van der Waals surface area contributed by atoms with Gasteiger partial charge in [-0.05, 0) is 144 Å². The summed E-state index contributed by atoms with van der Waals surface area (Å²) in [6.45, 7) is 48.1. The van der Waals surface area contributed by atoms with Gasteiger partial charge in [-0.15, -0.1) is 0 Å². The Bertz CT molecular complexity index is 1070. The molecule has 0 rings (SSSR count). The molecule has 4 N–H and O–H groups in total. The number of hydrogen-bond acceptors (Lipinski definition) is 15. The van der Waals surface area contributed by atoms with E-state index >= 15 is 0 Å². The van der Waals surface area contributed by atoms with Crippen LogP contribution in [0.5, 0.6) is 0 Å². The molecule has 0 aromatic carbocycles. The predicted molar refractivity (Wildman–Crippen MR) is 336 cm³/mol. The number of unbranched alkanes of at least 4 members (excludes halogenated alkanes) is 1. The van der Waals surface area contributed by atoms with Crippen LogP contribution in [0, 0.1) is 22.7 Å². The first-order valence-corrected chi connectivity index (χ1v) is 25.5. The van der Waals surface area contributed by atoms with E-state index in [1.807, 2.05) is 57.7 Å². The normalized spacial score (nSPS) is 9.68. The fraction of sp³-hybridized carbons (Fsp3) is 0.932. The van der Waals surface area contributed by atoms with Crippen molar-refractivity contribution in [2.45, 2.75) is 250 Å². The molecule has 0 saturated carbocycles. The maximum absolute atomic E-state index is 10.5. The van der Waals surface area contributed by atoms with E-state index in [1.54, 1.807) is 35.2 Å². The first kappa shape index (κ1) is 108. The van der Waals surface area contributed by atoms with Crippen molar-refractivity contribution >= 4 is 11.6 Å². The molecule has 0 unspecified atom stereocenters. The van der Waals surface area contributed by atoms with E-state index in [0.717, 1.165) is 52.3 Å². The van der Waals surface area contributed by atoms with Gasteiger partial charge in [0.15, 0.2) is 0 Å². The number of hydrogen-bond donors (Lipinski definition) is 4. The number of rotatable bonds is 28. The van der Waals surface area contributed by atoms with Crippen LogP contribution in [0.15, 0.2) is 0 Å². The van der Waals surface area contributed by atoms with Gasteiger partial charge >= 0.3 is 0 Å². The van der Waals surface area contributed by atoms with Crippen LogP contribution in [-0.2, 0) is 23.8 Å². The highest BCUT2D eigenvalue weighted by molar-refractivity contribution is 5.77. The molecule has 0 aromatic rings. The zero-order valence-electron chi connectivity index (χ0n) is 49.9. The Morgan fingerprint density at radius 1 is 0.459 bits per heavy atom. The molecular weight excluding hydrogens is 929 g/mol. The Hall–Kier alpha value is -2.12. The summed E-state index contributed by atoms with van der Waals surface area (Å²) >= 11 is 0. The van der Waals surface area contributed by atoms with Crippen molar-refractivity contribution < 1.29 is 23.8 Å². The van der Waals surface area contributed by atoms with Gasteiger partial charge in [-0.1, -0.05) is 99.4 Å². The summed E-state index contributed by atoms with van der Waals surface area (Å²) in [5.41, 5.74) is 0. The number of nitrogens with one attached hydrogen (secondary N) is 4. The molecule has 0 aliphatic rings. The summed E-state index contributed by atoms with van der Waals surface area (Å²) in [6, 6.07) is 8.38. The molecule has 0 aliphatic heterocycles. The van der Waals surface area contributed by atoms with Crippen molar-refractivity contribution in [1.29, 1.82) is 10.5 Å². The average molecular weight is 1070 g/mol. The molecule has 0 amide bonds. The molecule has 0 spiro atoms. The Kier molecular flexibility index (Phi) is 124. The van der Waals surface area contributed by atoms with Gasteiger partial charge in [-0.3, -0.25) is 19.4 Å². The lowest BCUT2D eigenvalue weighted by atomic mass is 10.3. The summed E-state index contributed by atoms with van der Waals surface area (Å²) < 4.78 is 14.7. The number of nitriles is 2. The molecule has 0 heterocycles. The van der Waals surface area contributed by atoms with Crippen molar-refractivity contribution in [3.05, 3.63) is 0 Å². The van der Waals surface area contributed by atoms with E-state index in [-0.39, 0.29) is 56.1 Å². The lowest BCUT2D eigenvalue weighted by Gasteiger charge is -2.20. The number of ketones is 2. The number of likely N-dealkylation sites (N-methyl/N-ethyl adjacent to an activating group) is 1. The highest BCUT2D eigenvalue weighted by Gasteiger charge is 2.04. The summed E-state index contributed by atoms with van der Waals surface area (Å²) in [6.07, 6.45) is 4.87. The number of carbonyl (C=O) groups excluding carboxylic acids is 2. The Morgan fingerprint density at radius 3 is 1.04 bits per heavy atom. The molecule has 15 nitrogen and oxygen atoms in total. The second-order valence-corrected chi connectivity index (χ2v) is 19.2. The van der Waals surface area contributed by atoms with E-state index in [0.29, 0.717) is 74.5 Å². The van der Waals surface area contributed by atoms with Crippen molar-refractivity contribution in [2.75, 3.05) is 122 Å². The van der Waals surface area contributed by atoms with Crippen molar-refractivity contribution in [3.8, 4) is 12.1 Å². The third-order valence-corrected chi connectivity index (χ3v) is 9.33. The van der Waals surface area contributed by atoms with Gasteiger partial charge in [0, 0.05) is 96.0 Å². The molecule has 460 valence electrons. The van der Waals surface area contributed by atoms with Crippen LogP contribution in [0.2, 0.25) is 0 Å². The largest absolute Gasteiger partial charge is 0.385 e. The third kappa shape index (κ3) is 133. The maximum Gasteiger partial charge on any atom is 0.143 e. The van der Waals surface area contributed by atoms with Gasteiger partial charge in [0.1, 0.15) is 11.6 Å². The fourth-order valence-corrected chi connectivity index (χ4v) is 3.86. The quantitative estimate of drug-likeness (QED) is 0.0431. The van der Waals surface area contributed by atoms with Crippen molar-refractivity contribution in [2.24, 2.45) is 0 Å². The SMILES string of the molecule is C.C.C.C.C.C.CC(=O)CN(C)C(C)C.CC(=O)CNC(C)C.CC(C)N(C)CC#N.CC(C)NCC#N.CCCCN(C)C(C)C.COCCCN(C)C(C)C.COCCCNC(C)C.COCCNC(C)C. The second kappa shape index (κ2) is 84.8. The molecule has 0 radical (unpaired) electrons. The molecule has 0 bridgehead atoms. The molecule has 0 aromatic heterocycles. The molecule has 0 aliphatic carbocycles.